The molecule has 5 nitrogen and oxygen atoms in total. The second-order valence-electron chi connectivity index (χ2n) is 3.82. The third kappa shape index (κ3) is 3.42. The fourth-order valence-corrected chi connectivity index (χ4v) is 1.10. The smallest absolute Gasteiger partial charge is 0.344 e. The van der Waals surface area contributed by atoms with Crippen molar-refractivity contribution >= 4 is 5.97 Å². The van der Waals surface area contributed by atoms with Crippen molar-refractivity contribution in [1.82, 2.24) is 0 Å². The molecule has 0 fully saturated rings. The van der Waals surface area contributed by atoms with Gasteiger partial charge in [0.1, 0.15) is 5.56 Å². The molecule has 0 atom stereocenters. The summed E-state index contributed by atoms with van der Waals surface area (Å²) in [4.78, 5) is 11.2. The van der Waals surface area contributed by atoms with Crippen LogP contribution in [0.2, 0.25) is 0 Å². The van der Waals surface area contributed by atoms with Gasteiger partial charge in [0.05, 0.1) is 13.7 Å². The molecule has 88 valence electrons. The maximum absolute atomic E-state index is 11.2. The van der Waals surface area contributed by atoms with Crippen LogP contribution >= 0.6 is 0 Å². The summed E-state index contributed by atoms with van der Waals surface area (Å²) < 4.78 is 10.4. The number of methoxy groups -OCH3 is 1. The first-order valence-corrected chi connectivity index (χ1v) is 4.98. The number of carbonyl (C=O) groups excluding carboxylic acids is 1. The highest BCUT2D eigenvalue weighted by molar-refractivity contribution is 5.89. The van der Waals surface area contributed by atoms with Crippen molar-refractivity contribution in [2.45, 2.75) is 13.8 Å². The molecule has 0 spiro atoms. The van der Waals surface area contributed by atoms with E-state index in [1.165, 1.54) is 19.4 Å². The van der Waals surface area contributed by atoms with Crippen LogP contribution in [-0.4, -0.2) is 19.7 Å². The Morgan fingerprint density at radius 1 is 1.50 bits per heavy atom. The molecular formula is C11H15NO4. The average molecular weight is 225 g/mol. The van der Waals surface area contributed by atoms with E-state index in [1.54, 1.807) is 0 Å². The van der Waals surface area contributed by atoms with E-state index in [-0.39, 0.29) is 5.56 Å². The Morgan fingerprint density at radius 3 is 2.75 bits per heavy atom. The lowest BCUT2D eigenvalue weighted by Crippen LogP contribution is -2.27. The molecule has 0 radical (unpaired) electrons. The highest BCUT2D eigenvalue weighted by Gasteiger charge is 2.12. The van der Waals surface area contributed by atoms with Crippen LogP contribution in [0.25, 0.3) is 0 Å². The van der Waals surface area contributed by atoms with Gasteiger partial charge in [-0.2, -0.15) is 4.73 Å². The van der Waals surface area contributed by atoms with Crippen molar-refractivity contribution < 1.29 is 19.0 Å². The molecular weight excluding hydrogens is 210 g/mol. The van der Waals surface area contributed by atoms with Crippen LogP contribution in [0.15, 0.2) is 18.5 Å². The Hall–Kier alpha value is -1.78. The van der Waals surface area contributed by atoms with Crippen LogP contribution in [0.3, 0.4) is 0 Å². The predicted octanol–water partition coefficient (Wildman–Crippen LogP) is 1.14. The first kappa shape index (κ1) is 12.3. The molecule has 0 saturated heterocycles. The van der Waals surface area contributed by atoms with Gasteiger partial charge in [0.15, 0.2) is 11.9 Å². The van der Waals surface area contributed by atoms with E-state index in [0.29, 0.717) is 23.0 Å². The van der Waals surface area contributed by atoms with Crippen molar-refractivity contribution in [2.24, 2.45) is 5.92 Å². The summed E-state index contributed by atoms with van der Waals surface area (Å²) >= 11 is 0. The molecule has 1 aromatic rings. The van der Waals surface area contributed by atoms with Crippen LogP contribution in [0, 0.1) is 11.1 Å². The van der Waals surface area contributed by atoms with Crippen LogP contribution in [0.4, 0.5) is 0 Å². The molecule has 1 rings (SSSR count). The molecule has 0 bridgehead atoms. The number of nitrogens with zero attached hydrogens (tertiary/aromatic N) is 1. The van der Waals surface area contributed by atoms with Gasteiger partial charge in [-0.3, -0.25) is 0 Å². The van der Waals surface area contributed by atoms with Gasteiger partial charge in [0, 0.05) is 6.07 Å². The Labute approximate surface area is 94.2 Å². The van der Waals surface area contributed by atoms with Gasteiger partial charge in [-0.1, -0.05) is 13.8 Å². The number of ether oxygens (including phenoxy) is 2. The van der Waals surface area contributed by atoms with E-state index in [1.807, 2.05) is 13.8 Å². The first-order chi connectivity index (χ1) is 7.52. The molecule has 0 N–H and O–H groups in total. The molecule has 0 aromatic carbocycles. The number of hydrogen-bond donors (Lipinski definition) is 0. The zero-order valence-corrected chi connectivity index (χ0v) is 9.60. The van der Waals surface area contributed by atoms with Crippen LogP contribution in [-0.2, 0) is 4.74 Å². The highest BCUT2D eigenvalue weighted by atomic mass is 16.5. The van der Waals surface area contributed by atoms with E-state index in [2.05, 4.69) is 4.74 Å². The van der Waals surface area contributed by atoms with Crippen molar-refractivity contribution in [3.8, 4) is 5.75 Å². The molecule has 0 saturated carbocycles. The van der Waals surface area contributed by atoms with Crippen molar-refractivity contribution in [3.63, 3.8) is 0 Å². The van der Waals surface area contributed by atoms with Gasteiger partial charge in [0.25, 0.3) is 0 Å². The molecule has 0 aliphatic carbocycles. The summed E-state index contributed by atoms with van der Waals surface area (Å²) in [6, 6.07) is 1.49. The van der Waals surface area contributed by atoms with Crippen molar-refractivity contribution in [3.05, 3.63) is 29.2 Å². The Balaban J connectivity index is 2.85. The molecule has 0 unspecified atom stereocenters. The third-order valence-corrected chi connectivity index (χ3v) is 1.82. The highest BCUT2D eigenvalue weighted by Crippen LogP contribution is 2.12. The zero-order valence-electron chi connectivity index (χ0n) is 9.60. The van der Waals surface area contributed by atoms with E-state index in [9.17, 15) is 10.0 Å². The minimum Gasteiger partial charge on any atom is -0.619 e. The fourth-order valence-electron chi connectivity index (χ4n) is 1.10. The lowest BCUT2D eigenvalue weighted by atomic mass is 10.2. The molecule has 1 aromatic heterocycles. The van der Waals surface area contributed by atoms with Crippen molar-refractivity contribution in [2.75, 3.05) is 13.7 Å². The monoisotopic (exact) mass is 225 g/mol. The lowest BCUT2D eigenvalue weighted by Gasteiger charge is -2.08. The van der Waals surface area contributed by atoms with E-state index in [0.717, 1.165) is 6.20 Å². The minimum atomic E-state index is -0.556. The number of aromatic nitrogens is 1. The number of pyridine rings is 1. The maximum Gasteiger partial charge on any atom is 0.344 e. The Kier molecular flexibility index (Phi) is 4.10. The molecule has 0 aliphatic rings. The van der Waals surface area contributed by atoms with Crippen LogP contribution in [0.1, 0.15) is 24.2 Å². The Morgan fingerprint density at radius 2 is 2.19 bits per heavy atom. The summed E-state index contributed by atoms with van der Waals surface area (Å²) in [6.45, 7) is 4.48. The van der Waals surface area contributed by atoms with Gasteiger partial charge in [0.2, 0.25) is 6.20 Å². The van der Waals surface area contributed by atoms with E-state index < -0.39 is 5.97 Å². The summed E-state index contributed by atoms with van der Waals surface area (Å²) in [6.07, 6.45) is 2.42. The average Bonchev–Trinajstić information content (AvgIpc) is 2.24. The van der Waals surface area contributed by atoms with Gasteiger partial charge in [-0.15, -0.1) is 0 Å². The van der Waals surface area contributed by atoms with Gasteiger partial charge >= 0.3 is 5.97 Å². The normalized spacial score (nSPS) is 10.2. The largest absolute Gasteiger partial charge is 0.619 e. The second-order valence-corrected chi connectivity index (χ2v) is 3.82. The fraction of sp³-hybridized carbons (Fsp3) is 0.455. The van der Waals surface area contributed by atoms with E-state index in [4.69, 9.17) is 4.74 Å². The topological polar surface area (TPSA) is 62.5 Å². The second kappa shape index (κ2) is 5.34. The Bertz CT molecular complexity index is 376. The zero-order chi connectivity index (χ0) is 12.1. The number of rotatable bonds is 4. The quantitative estimate of drug-likeness (QED) is 0.438. The molecule has 0 amide bonds. The molecule has 5 heteroatoms. The maximum atomic E-state index is 11.2. The summed E-state index contributed by atoms with van der Waals surface area (Å²) in [5.41, 5.74) is 0.179. The lowest BCUT2D eigenvalue weighted by molar-refractivity contribution is -0.606. The molecule has 1 heterocycles. The van der Waals surface area contributed by atoms with Gasteiger partial charge < -0.3 is 14.7 Å². The van der Waals surface area contributed by atoms with Gasteiger partial charge in [-0.05, 0) is 5.92 Å². The predicted molar refractivity (Wildman–Crippen MR) is 57.1 cm³/mol. The standard InChI is InChI=1S/C11H15NO4/c1-8(2)7-16-10-4-9(11(13)15-3)5-12(14)6-10/h4-6,8H,7H2,1-3H3. The van der Waals surface area contributed by atoms with E-state index >= 15 is 0 Å². The third-order valence-electron chi connectivity index (χ3n) is 1.82. The minimum absolute atomic E-state index is 0.179. The summed E-state index contributed by atoms with van der Waals surface area (Å²) in [5, 5.41) is 11.2. The number of carbonyl (C=O) groups is 1. The number of hydrogen-bond acceptors (Lipinski definition) is 4. The van der Waals surface area contributed by atoms with Crippen LogP contribution < -0.4 is 9.47 Å². The summed E-state index contributed by atoms with van der Waals surface area (Å²) in [7, 11) is 1.26. The summed E-state index contributed by atoms with van der Waals surface area (Å²) in [5.74, 6) is 0.160. The SMILES string of the molecule is COC(=O)c1cc(OCC(C)C)c[n+]([O-])c1. The van der Waals surface area contributed by atoms with Crippen LogP contribution in [0.5, 0.6) is 5.75 Å². The molecule has 0 aliphatic heterocycles. The number of esters is 1. The molecule has 16 heavy (non-hydrogen) atoms. The van der Waals surface area contributed by atoms with Crippen molar-refractivity contribution in [1.29, 1.82) is 0 Å². The van der Waals surface area contributed by atoms with Gasteiger partial charge in [-0.25, -0.2) is 4.79 Å². The first-order valence-electron chi connectivity index (χ1n) is 4.98.